The number of amides is 1. The third-order valence-electron chi connectivity index (χ3n) is 4.54. The van der Waals surface area contributed by atoms with Crippen molar-refractivity contribution in [3.63, 3.8) is 0 Å². The molecule has 0 bridgehead atoms. The molecule has 1 aromatic heterocycles. The molecule has 0 spiro atoms. The van der Waals surface area contributed by atoms with Crippen molar-refractivity contribution in [3.8, 4) is 11.3 Å². The van der Waals surface area contributed by atoms with Crippen molar-refractivity contribution < 1.29 is 4.79 Å². The molecule has 1 amide bonds. The zero-order valence-electron chi connectivity index (χ0n) is 16.1. The number of aryl methyl sites for hydroxylation is 1. The summed E-state index contributed by atoms with van der Waals surface area (Å²) in [5.41, 5.74) is 3.12. The molecule has 0 saturated carbocycles. The number of anilines is 1. The van der Waals surface area contributed by atoms with E-state index in [4.69, 9.17) is 0 Å². The number of carbonyl (C=O) groups is 1. The van der Waals surface area contributed by atoms with Gasteiger partial charge in [-0.3, -0.25) is 9.59 Å². The van der Waals surface area contributed by atoms with Gasteiger partial charge >= 0.3 is 0 Å². The maximum atomic E-state index is 13.2. The molecule has 0 aliphatic heterocycles. The number of rotatable bonds is 6. The van der Waals surface area contributed by atoms with Crippen molar-refractivity contribution >= 4 is 11.6 Å². The number of aromatic nitrogens is 2. The fourth-order valence-electron chi connectivity index (χ4n) is 2.97. The van der Waals surface area contributed by atoms with Gasteiger partial charge in [0.25, 0.3) is 11.5 Å². The Morgan fingerprint density at radius 3 is 2.43 bits per heavy atom. The van der Waals surface area contributed by atoms with Gasteiger partial charge in [-0.25, -0.2) is 4.68 Å². The van der Waals surface area contributed by atoms with E-state index in [0.717, 1.165) is 16.8 Å². The van der Waals surface area contributed by atoms with Gasteiger partial charge in [-0.05, 0) is 32.0 Å². The highest BCUT2D eigenvalue weighted by Gasteiger charge is 2.24. The van der Waals surface area contributed by atoms with Crippen LogP contribution in [0.25, 0.3) is 11.3 Å². The standard InChI is InChI=1S/C23H23N3O2/c1-4-16-25(20-8-6-5-7-9-20)23(28)18(3)26-22(27)15-14-21(24-26)19-12-10-17(2)11-13-19/h4-15,18H,1,16H2,2-3H3/t18-/m0/s1. The lowest BCUT2D eigenvalue weighted by Gasteiger charge is -2.25. The molecule has 2 aromatic carbocycles. The highest BCUT2D eigenvalue weighted by molar-refractivity contribution is 5.96. The minimum atomic E-state index is -0.752. The Morgan fingerprint density at radius 1 is 1.11 bits per heavy atom. The van der Waals surface area contributed by atoms with E-state index in [-0.39, 0.29) is 11.5 Å². The van der Waals surface area contributed by atoms with Crippen molar-refractivity contribution in [2.45, 2.75) is 19.9 Å². The van der Waals surface area contributed by atoms with Crippen molar-refractivity contribution in [2.24, 2.45) is 0 Å². The molecule has 3 rings (SSSR count). The highest BCUT2D eigenvalue weighted by atomic mass is 16.2. The molecule has 1 heterocycles. The number of para-hydroxylation sites is 1. The van der Waals surface area contributed by atoms with Crippen molar-refractivity contribution in [1.29, 1.82) is 0 Å². The first kappa shape index (κ1) is 19.3. The van der Waals surface area contributed by atoms with Crippen LogP contribution in [0.3, 0.4) is 0 Å². The monoisotopic (exact) mass is 373 g/mol. The van der Waals surface area contributed by atoms with Gasteiger partial charge < -0.3 is 4.90 Å². The molecule has 0 fully saturated rings. The third kappa shape index (κ3) is 4.09. The number of hydrogen-bond acceptors (Lipinski definition) is 3. The minimum Gasteiger partial charge on any atom is -0.307 e. The fourth-order valence-corrected chi connectivity index (χ4v) is 2.97. The van der Waals surface area contributed by atoms with Crippen LogP contribution in [-0.2, 0) is 4.79 Å². The van der Waals surface area contributed by atoms with Gasteiger partial charge in [0.05, 0.1) is 5.69 Å². The predicted octanol–water partition coefficient (Wildman–Crippen LogP) is 4.00. The molecule has 5 heteroatoms. The largest absolute Gasteiger partial charge is 0.307 e. The lowest BCUT2D eigenvalue weighted by Crippen LogP contribution is -2.40. The summed E-state index contributed by atoms with van der Waals surface area (Å²) >= 11 is 0. The Morgan fingerprint density at radius 2 is 1.79 bits per heavy atom. The van der Waals surface area contributed by atoms with Crippen LogP contribution in [0.4, 0.5) is 5.69 Å². The van der Waals surface area contributed by atoms with E-state index in [2.05, 4.69) is 11.7 Å². The van der Waals surface area contributed by atoms with E-state index in [1.165, 1.54) is 10.7 Å². The van der Waals surface area contributed by atoms with Gasteiger partial charge in [0.2, 0.25) is 0 Å². The number of hydrogen-bond donors (Lipinski definition) is 0. The van der Waals surface area contributed by atoms with Gasteiger partial charge in [-0.1, -0.05) is 54.1 Å². The van der Waals surface area contributed by atoms with E-state index in [0.29, 0.717) is 12.2 Å². The van der Waals surface area contributed by atoms with Crippen molar-refractivity contribution in [3.05, 3.63) is 95.3 Å². The SMILES string of the molecule is C=CCN(C(=O)[C@H](C)n1nc(-c2ccc(C)cc2)ccc1=O)c1ccccc1. The normalized spacial score (nSPS) is 11.6. The maximum Gasteiger partial charge on any atom is 0.267 e. The van der Waals surface area contributed by atoms with Crippen LogP contribution >= 0.6 is 0 Å². The van der Waals surface area contributed by atoms with Crippen LogP contribution in [0.15, 0.2) is 84.2 Å². The molecule has 0 N–H and O–H groups in total. The van der Waals surface area contributed by atoms with Crippen LogP contribution < -0.4 is 10.5 Å². The molecule has 1 atom stereocenters. The van der Waals surface area contributed by atoms with Crippen LogP contribution in [0.1, 0.15) is 18.5 Å². The maximum absolute atomic E-state index is 13.2. The number of carbonyl (C=O) groups excluding carboxylic acids is 1. The summed E-state index contributed by atoms with van der Waals surface area (Å²) in [6.07, 6.45) is 1.66. The zero-order valence-corrected chi connectivity index (χ0v) is 16.1. The Labute approximate surface area is 164 Å². The minimum absolute atomic E-state index is 0.221. The van der Waals surface area contributed by atoms with Crippen molar-refractivity contribution in [2.75, 3.05) is 11.4 Å². The van der Waals surface area contributed by atoms with Gasteiger partial charge in [-0.2, -0.15) is 5.10 Å². The lowest BCUT2D eigenvalue weighted by atomic mass is 10.1. The summed E-state index contributed by atoms with van der Waals surface area (Å²) in [7, 11) is 0. The lowest BCUT2D eigenvalue weighted by molar-refractivity contribution is -0.121. The highest BCUT2D eigenvalue weighted by Crippen LogP contribution is 2.20. The molecule has 0 radical (unpaired) electrons. The molecular weight excluding hydrogens is 350 g/mol. The van der Waals surface area contributed by atoms with Gasteiger partial charge in [0.1, 0.15) is 6.04 Å². The second-order valence-electron chi connectivity index (χ2n) is 6.62. The summed E-state index contributed by atoms with van der Waals surface area (Å²) < 4.78 is 1.25. The molecule has 3 aromatic rings. The first-order chi connectivity index (χ1) is 13.5. The van der Waals surface area contributed by atoms with E-state index < -0.39 is 6.04 Å². The van der Waals surface area contributed by atoms with Gasteiger partial charge in [0, 0.05) is 23.9 Å². The first-order valence-electron chi connectivity index (χ1n) is 9.15. The molecule has 5 nitrogen and oxygen atoms in total. The van der Waals surface area contributed by atoms with Crippen LogP contribution in [0.5, 0.6) is 0 Å². The summed E-state index contributed by atoms with van der Waals surface area (Å²) in [5.74, 6) is -0.221. The van der Waals surface area contributed by atoms with Crippen LogP contribution in [0.2, 0.25) is 0 Å². The van der Waals surface area contributed by atoms with E-state index >= 15 is 0 Å². The van der Waals surface area contributed by atoms with E-state index in [9.17, 15) is 9.59 Å². The average molecular weight is 373 g/mol. The predicted molar refractivity (Wildman–Crippen MR) is 112 cm³/mol. The average Bonchev–Trinajstić information content (AvgIpc) is 2.72. The first-order valence-corrected chi connectivity index (χ1v) is 9.15. The van der Waals surface area contributed by atoms with Crippen LogP contribution in [0, 0.1) is 6.92 Å². The molecule has 0 aliphatic carbocycles. The van der Waals surface area contributed by atoms with Crippen molar-refractivity contribution in [1.82, 2.24) is 9.78 Å². The number of benzene rings is 2. The Bertz CT molecular complexity index is 1020. The summed E-state index contributed by atoms with van der Waals surface area (Å²) in [6, 6.07) is 19.6. The molecule has 0 saturated heterocycles. The summed E-state index contributed by atoms with van der Waals surface area (Å²) in [5, 5.41) is 4.46. The third-order valence-corrected chi connectivity index (χ3v) is 4.54. The van der Waals surface area contributed by atoms with Crippen LogP contribution in [-0.4, -0.2) is 22.2 Å². The quantitative estimate of drug-likeness (QED) is 0.614. The molecule has 0 aliphatic rings. The smallest absolute Gasteiger partial charge is 0.267 e. The Kier molecular flexibility index (Phi) is 5.84. The Balaban J connectivity index is 1.96. The summed E-state index contributed by atoms with van der Waals surface area (Å²) in [6.45, 7) is 7.79. The van der Waals surface area contributed by atoms with Gasteiger partial charge in [-0.15, -0.1) is 6.58 Å². The zero-order chi connectivity index (χ0) is 20.1. The molecule has 142 valence electrons. The Hall–Kier alpha value is -3.47. The summed E-state index contributed by atoms with van der Waals surface area (Å²) in [4.78, 5) is 27.2. The second kappa shape index (κ2) is 8.48. The number of nitrogens with zero attached hydrogens (tertiary/aromatic N) is 3. The van der Waals surface area contributed by atoms with E-state index in [1.54, 1.807) is 24.0 Å². The van der Waals surface area contributed by atoms with E-state index in [1.807, 2.05) is 61.5 Å². The molecule has 0 unspecified atom stereocenters. The topological polar surface area (TPSA) is 55.2 Å². The molecular formula is C23H23N3O2. The second-order valence-corrected chi connectivity index (χ2v) is 6.62. The molecule has 28 heavy (non-hydrogen) atoms. The fraction of sp³-hybridized carbons (Fsp3) is 0.174. The van der Waals surface area contributed by atoms with Gasteiger partial charge in [0.15, 0.2) is 0 Å².